The molecule has 2 aromatic carbocycles. The van der Waals surface area contributed by atoms with Crippen molar-refractivity contribution < 1.29 is 32.0 Å². The van der Waals surface area contributed by atoms with E-state index in [1.165, 1.54) is 48.5 Å². The Morgan fingerprint density at radius 3 is 1.96 bits per heavy atom. The Balaban J connectivity index is 2.04. The molecule has 1 aromatic heterocycles. The van der Waals surface area contributed by atoms with E-state index in [4.69, 9.17) is 4.42 Å². The second-order valence-corrected chi connectivity index (χ2v) is 5.95. The number of hydrogen-bond donors (Lipinski definition) is 0. The fourth-order valence-electron chi connectivity index (χ4n) is 3.15. The third kappa shape index (κ3) is 2.51. The van der Waals surface area contributed by atoms with Crippen LogP contribution in [0.4, 0.5) is 13.2 Å². The molecular formula is C20H9F3O4. The summed E-state index contributed by atoms with van der Waals surface area (Å²) < 4.78 is 45.6. The molecule has 0 fully saturated rings. The molecule has 0 saturated carbocycles. The van der Waals surface area contributed by atoms with Gasteiger partial charge >= 0.3 is 6.18 Å². The predicted octanol–water partition coefficient (Wildman–Crippen LogP) is 4.55. The lowest BCUT2D eigenvalue weighted by atomic mass is 9.85. The second-order valence-electron chi connectivity index (χ2n) is 5.95. The summed E-state index contributed by atoms with van der Waals surface area (Å²) in [4.78, 5) is 36.3. The molecule has 0 saturated heterocycles. The van der Waals surface area contributed by atoms with Crippen molar-refractivity contribution in [1.82, 2.24) is 0 Å². The van der Waals surface area contributed by atoms with Gasteiger partial charge in [0.2, 0.25) is 11.5 Å². The van der Waals surface area contributed by atoms with Gasteiger partial charge in [-0.05, 0) is 5.56 Å². The second kappa shape index (κ2) is 5.77. The zero-order chi connectivity index (χ0) is 19.3. The smallest absolute Gasteiger partial charge is 0.447 e. The van der Waals surface area contributed by atoms with Crippen LogP contribution in [-0.2, 0) is 6.18 Å². The maximum atomic E-state index is 13.6. The van der Waals surface area contributed by atoms with Gasteiger partial charge in [0.1, 0.15) is 6.29 Å². The summed E-state index contributed by atoms with van der Waals surface area (Å²) >= 11 is 0. The number of alkyl halides is 3. The predicted molar refractivity (Wildman–Crippen MR) is 87.8 cm³/mol. The van der Waals surface area contributed by atoms with Gasteiger partial charge in [-0.1, -0.05) is 48.5 Å². The van der Waals surface area contributed by atoms with E-state index in [1.807, 2.05) is 0 Å². The molecule has 0 atom stereocenters. The lowest BCUT2D eigenvalue weighted by Crippen LogP contribution is -2.19. The van der Waals surface area contributed by atoms with Gasteiger partial charge in [-0.2, -0.15) is 13.2 Å². The number of furan rings is 1. The molecule has 1 aliphatic rings. The lowest BCUT2D eigenvalue weighted by molar-refractivity contribution is -0.152. The third-order valence-corrected chi connectivity index (χ3v) is 4.35. The first kappa shape index (κ1) is 17.0. The Labute approximate surface area is 150 Å². The Morgan fingerprint density at radius 2 is 1.41 bits per heavy atom. The van der Waals surface area contributed by atoms with Gasteiger partial charge in [-0.15, -0.1) is 0 Å². The number of ketones is 2. The third-order valence-electron chi connectivity index (χ3n) is 4.35. The number of hydrogen-bond acceptors (Lipinski definition) is 4. The first-order valence-electron chi connectivity index (χ1n) is 7.81. The number of aldehydes is 1. The van der Waals surface area contributed by atoms with Gasteiger partial charge in [0.25, 0.3) is 0 Å². The normalized spacial score (nSPS) is 13.3. The first-order valence-corrected chi connectivity index (χ1v) is 7.81. The van der Waals surface area contributed by atoms with Gasteiger partial charge in [-0.25, -0.2) is 0 Å². The fraction of sp³-hybridized carbons (Fsp3) is 0.0500. The van der Waals surface area contributed by atoms with Crippen molar-refractivity contribution in [1.29, 1.82) is 0 Å². The number of benzene rings is 2. The first-order chi connectivity index (χ1) is 12.8. The van der Waals surface area contributed by atoms with Crippen LogP contribution in [-0.4, -0.2) is 17.9 Å². The quantitative estimate of drug-likeness (QED) is 0.486. The summed E-state index contributed by atoms with van der Waals surface area (Å²) in [5, 5.41) is 0. The van der Waals surface area contributed by atoms with Crippen molar-refractivity contribution in [3.05, 3.63) is 82.3 Å². The zero-order valence-corrected chi connectivity index (χ0v) is 13.5. The molecule has 27 heavy (non-hydrogen) atoms. The Bertz CT molecular complexity index is 1110. The van der Waals surface area contributed by atoms with Crippen LogP contribution in [0.25, 0.3) is 11.1 Å². The largest absolute Gasteiger partial charge is 0.450 e. The van der Waals surface area contributed by atoms with Crippen molar-refractivity contribution >= 4 is 17.9 Å². The SMILES string of the molecule is O=Cc1ccc(-c2c(C(F)(F)F)oc3c2C(=O)c2ccccc2C3=O)cc1. The molecule has 0 unspecified atom stereocenters. The average Bonchev–Trinajstić information content (AvgIpc) is 3.08. The summed E-state index contributed by atoms with van der Waals surface area (Å²) in [5.41, 5.74) is -0.598. The number of carbonyl (C=O) groups excluding carboxylic acids is 3. The molecular weight excluding hydrogens is 361 g/mol. The van der Waals surface area contributed by atoms with Crippen LogP contribution >= 0.6 is 0 Å². The van der Waals surface area contributed by atoms with Gasteiger partial charge in [0, 0.05) is 22.3 Å². The zero-order valence-electron chi connectivity index (χ0n) is 13.5. The minimum absolute atomic E-state index is 0.000303. The summed E-state index contributed by atoms with van der Waals surface area (Å²) in [6, 6.07) is 11.0. The summed E-state index contributed by atoms with van der Waals surface area (Å²) in [5.74, 6) is -3.53. The molecule has 134 valence electrons. The highest BCUT2D eigenvalue weighted by Gasteiger charge is 2.45. The fourth-order valence-corrected chi connectivity index (χ4v) is 3.15. The minimum Gasteiger partial charge on any atom is -0.447 e. The highest BCUT2D eigenvalue weighted by atomic mass is 19.4. The van der Waals surface area contributed by atoms with Crippen LogP contribution in [0.1, 0.15) is 48.2 Å². The molecule has 0 N–H and O–H groups in total. The van der Waals surface area contributed by atoms with Crippen LogP contribution in [0.2, 0.25) is 0 Å². The number of fused-ring (bicyclic) bond motifs is 2. The summed E-state index contributed by atoms with van der Waals surface area (Å²) in [6.07, 6.45) is -4.37. The van der Waals surface area contributed by atoms with Gasteiger partial charge in [0.05, 0.1) is 5.56 Å². The van der Waals surface area contributed by atoms with Crippen molar-refractivity contribution in [2.45, 2.75) is 6.18 Å². The van der Waals surface area contributed by atoms with E-state index < -0.39 is 40.4 Å². The molecule has 4 rings (SSSR count). The maximum Gasteiger partial charge on any atom is 0.450 e. The molecule has 0 aliphatic heterocycles. The standard InChI is InChI=1S/C20H9F3O4/c21-20(22,23)19-14(11-7-5-10(9-24)6-8-11)15-16(25)12-3-1-2-4-13(12)17(26)18(15)27-19/h1-9H. The molecule has 0 spiro atoms. The monoisotopic (exact) mass is 370 g/mol. The Kier molecular flexibility index (Phi) is 3.62. The molecule has 3 aromatic rings. The highest BCUT2D eigenvalue weighted by molar-refractivity contribution is 6.29. The number of halogens is 3. The van der Waals surface area contributed by atoms with Crippen LogP contribution in [0.5, 0.6) is 0 Å². The van der Waals surface area contributed by atoms with Crippen molar-refractivity contribution in [3.8, 4) is 11.1 Å². The molecule has 1 heterocycles. The molecule has 0 amide bonds. The minimum atomic E-state index is -4.91. The Hall–Kier alpha value is -3.48. The average molecular weight is 370 g/mol. The topological polar surface area (TPSA) is 64.3 Å². The van der Waals surface area contributed by atoms with E-state index in [0.29, 0.717) is 6.29 Å². The molecule has 0 radical (unpaired) electrons. The van der Waals surface area contributed by atoms with Crippen LogP contribution in [0.3, 0.4) is 0 Å². The van der Waals surface area contributed by atoms with Crippen molar-refractivity contribution in [3.63, 3.8) is 0 Å². The Morgan fingerprint density at radius 1 is 0.815 bits per heavy atom. The highest BCUT2D eigenvalue weighted by Crippen LogP contribution is 2.45. The van der Waals surface area contributed by atoms with Crippen LogP contribution < -0.4 is 0 Å². The maximum absolute atomic E-state index is 13.6. The molecule has 0 bridgehead atoms. The van der Waals surface area contributed by atoms with Gasteiger partial charge < -0.3 is 4.42 Å². The van der Waals surface area contributed by atoms with Crippen LogP contribution in [0, 0.1) is 0 Å². The van der Waals surface area contributed by atoms with Crippen molar-refractivity contribution in [2.75, 3.05) is 0 Å². The van der Waals surface area contributed by atoms with Gasteiger partial charge in [-0.3, -0.25) is 14.4 Å². The van der Waals surface area contributed by atoms with Crippen molar-refractivity contribution in [2.24, 2.45) is 0 Å². The van der Waals surface area contributed by atoms with Gasteiger partial charge in [0.15, 0.2) is 11.5 Å². The molecule has 1 aliphatic carbocycles. The van der Waals surface area contributed by atoms with E-state index in [0.717, 1.165) is 0 Å². The van der Waals surface area contributed by atoms with E-state index >= 15 is 0 Å². The van der Waals surface area contributed by atoms with E-state index in [-0.39, 0.29) is 22.3 Å². The summed E-state index contributed by atoms with van der Waals surface area (Å²) in [6.45, 7) is 0. The molecule has 7 heteroatoms. The van der Waals surface area contributed by atoms with E-state index in [1.54, 1.807) is 0 Å². The van der Waals surface area contributed by atoms with E-state index in [2.05, 4.69) is 0 Å². The summed E-state index contributed by atoms with van der Waals surface area (Å²) in [7, 11) is 0. The number of rotatable bonds is 2. The number of carbonyl (C=O) groups is 3. The van der Waals surface area contributed by atoms with Crippen LogP contribution in [0.15, 0.2) is 52.9 Å². The lowest BCUT2D eigenvalue weighted by Gasteiger charge is -2.14. The molecule has 4 nitrogen and oxygen atoms in total. The van der Waals surface area contributed by atoms with E-state index in [9.17, 15) is 27.6 Å².